The van der Waals surface area contributed by atoms with Gasteiger partial charge in [-0.05, 0) is 0 Å². The summed E-state index contributed by atoms with van der Waals surface area (Å²) < 4.78 is 46.3. The summed E-state index contributed by atoms with van der Waals surface area (Å²) in [5.74, 6) is -0.924. The van der Waals surface area contributed by atoms with Crippen LogP contribution in [0.1, 0.15) is 6.42 Å². The molecule has 5 N–H and O–H groups in total. The summed E-state index contributed by atoms with van der Waals surface area (Å²) in [6.07, 6.45) is -1.17. The van der Waals surface area contributed by atoms with Crippen LogP contribution < -0.4 is 15.2 Å². The smallest absolute Gasteiger partial charge is 0.421 e. The van der Waals surface area contributed by atoms with Gasteiger partial charge in [0.2, 0.25) is 0 Å². The van der Waals surface area contributed by atoms with Gasteiger partial charge < -0.3 is 29.8 Å². The van der Waals surface area contributed by atoms with E-state index in [2.05, 4.69) is 9.46 Å². The number of amides is 1. The summed E-state index contributed by atoms with van der Waals surface area (Å²) in [6, 6.07) is 0. The van der Waals surface area contributed by atoms with E-state index in [9.17, 15) is 18.0 Å². The highest BCUT2D eigenvalue weighted by Crippen LogP contribution is 1.85. The lowest BCUT2D eigenvalue weighted by Gasteiger charge is -2.09. The molecule has 0 spiro atoms. The predicted octanol–water partition coefficient (Wildman–Crippen LogP) is -1.97. The summed E-state index contributed by atoms with van der Waals surface area (Å²) in [4.78, 5) is 21.3. The topological polar surface area (TPSA) is 176 Å². The predicted molar refractivity (Wildman–Crippen MR) is 85.2 cm³/mol. The van der Waals surface area contributed by atoms with Crippen LogP contribution in [0.3, 0.4) is 0 Å². The summed E-state index contributed by atoms with van der Waals surface area (Å²) in [6.45, 7) is 1.25. The summed E-state index contributed by atoms with van der Waals surface area (Å²) >= 11 is 0. The third kappa shape index (κ3) is 17.1. The van der Waals surface area contributed by atoms with Gasteiger partial charge in [-0.3, -0.25) is 4.79 Å². The molecule has 12 nitrogen and oxygen atoms in total. The summed E-state index contributed by atoms with van der Waals surface area (Å²) in [5.41, 5.74) is 5.10. The minimum Gasteiger partial charge on any atom is -0.481 e. The van der Waals surface area contributed by atoms with E-state index < -0.39 is 22.3 Å². The van der Waals surface area contributed by atoms with Crippen molar-refractivity contribution in [2.24, 2.45) is 5.73 Å². The van der Waals surface area contributed by atoms with Gasteiger partial charge in [-0.2, -0.15) is 13.1 Å². The second kappa shape index (κ2) is 14.8. The number of aliphatic carboxylic acids is 1. The van der Waals surface area contributed by atoms with Crippen LogP contribution in [-0.2, 0) is 34.0 Å². The van der Waals surface area contributed by atoms with Gasteiger partial charge in [-0.15, -0.1) is 0 Å². The van der Waals surface area contributed by atoms with E-state index in [1.807, 2.05) is 0 Å². The fourth-order valence-corrected chi connectivity index (χ4v) is 1.98. The number of carbonyl (C=O) groups is 2. The Bertz CT molecular complexity index is 472. The average Bonchev–Trinajstić information content (AvgIpc) is 2.53. The normalized spacial score (nSPS) is 11.2. The Kier molecular flexibility index (Phi) is 13.9. The second-order valence-electron chi connectivity index (χ2n) is 4.41. The van der Waals surface area contributed by atoms with Crippen molar-refractivity contribution >= 4 is 22.3 Å². The highest BCUT2D eigenvalue weighted by molar-refractivity contribution is 7.88. The monoisotopic (exact) mass is 387 g/mol. The van der Waals surface area contributed by atoms with Crippen LogP contribution >= 0.6 is 0 Å². The highest BCUT2D eigenvalue weighted by Gasteiger charge is 2.14. The van der Waals surface area contributed by atoms with Gasteiger partial charge in [-0.25, -0.2) is 9.52 Å². The molecule has 0 aliphatic carbocycles. The molecule has 0 aromatic carbocycles. The number of carbonyl (C=O) groups excluding carboxylic acids is 1. The molecule has 0 radical (unpaired) electrons. The van der Waals surface area contributed by atoms with Crippen LogP contribution in [0, 0.1) is 0 Å². The molecule has 148 valence electrons. The van der Waals surface area contributed by atoms with Crippen molar-refractivity contribution in [2.45, 2.75) is 6.42 Å². The molecule has 0 fully saturated rings. The third-order valence-corrected chi connectivity index (χ3v) is 3.33. The zero-order valence-electron chi connectivity index (χ0n) is 13.8. The van der Waals surface area contributed by atoms with Crippen molar-refractivity contribution in [1.29, 1.82) is 0 Å². The molecule has 0 rings (SSSR count). The van der Waals surface area contributed by atoms with E-state index in [0.717, 1.165) is 0 Å². The number of ether oxygens (including phenoxy) is 4. The first-order valence-corrected chi connectivity index (χ1v) is 8.95. The van der Waals surface area contributed by atoms with Crippen LogP contribution in [-0.4, -0.2) is 84.9 Å². The maximum atomic E-state index is 11.4. The fourth-order valence-electron chi connectivity index (χ4n) is 1.28. The van der Waals surface area contributed by atoms with E-state index in [0.29, 0.717) is 6.61 Å². The molecule has 0 saturated carbocycles. The molecule has 0 aliphatic heterocycles. The van der Waals surface area contributed by atoms with E-state index in [4.69, 9.17) is 25.1 Å². The fraction of sp³-hybridized carbons (Fsp3) is 0.833. The molecule has 0 unspecified atom stereocenters. The average molecular weight is 387 g/mol. The Morgan fingerprint density at radius 3 is 2.04 bits per heavy atom. The number of hydrogen-bond donors (Lipinski definition) is 4. The SMILES string of the molecule is NCCOC(=O)NS(=O)(=O)NCCOCCOCCOCCC(=O)O. The van der Waals surface area contributed by atoms with Gasteiger partial charge in [-0.1, -0.05) is 0 Å². The first-order chi connectivity index (χ1) is 11.9. The van der Waals surface area contributed by atoms with E-state index in [1.54, 1.807) is 4.72 Å². The largest absolute Gasteiger partial charge is 0.481 e. The molecule has 25 heavy (non-hydrogen) atoms. The highest BCUT2D eigenvalue weighted by atomic mass is 32.2. The molecule has 0 aromatic rings. The number of rotatable bonds is 16. The van der Waals surface area contributed by atoms with Gasteiger partial charge in [0.1, 0.15) is 6.61 Å². The first-order valence-electron chi connectivity index (χ1n) is 7.46. The molecule has 0 aromatic heterocycles. The molecule has 0 saturated heterocycles. The van der Waals surface area contributed by atoms with Crippen molar-refractivity contribution in [2.75, 3.05) is 59.3 Å². The Balaban J connectivity index is 3.45. The minimum absolute atomic E-state index is 0.0438. The van der Waals surface area contributed by atoms with Crippen molar-refractivity contribution < 1.29 is 42.1 Å². The minimum atomic E-state index is -4.01. The molecule has 0 aliphatic rings. The number of nitrogens with two attached hydrogens (primary N) is 1. The van der Waals surface area contributed by atoms with Crippen LogP contribution in [0.5, 0.6) is 0 Å². The van der Waals surface area contributed by atoms with Crippen molar-refractivity contribution in [1.82, 2.24) is 9.44 Å². The second-order valence-corrected chi connectivity index (χ2v) is 5.90. The van der Waals surface area contributed by atoms with Crippen LogP contribution in [0.2, 0.25) is 0 Å². The molecular weight excluding hydrogens is 362 g/mol. The van der Waals surface area contributed by atoms with Crippen molar-refractivity contribution in [3.63, 3.8) is 0 Å². The van der Waals surface area contributed by atoms with E-state index >= 15 is 0 Å². The Labute approximate surface area is 146 Å². The number of carboxylic acid groups (broad SMARTS) is 1. The standard InChI is InChI=1S/C12H25N3O9S/c13-2-5-24-12(18)15-25(19,20)14-3-6-22-8-10-23-9-7-21-4-1-11(16)17/h14H,1-10,13H2,(H,15,18)(H,16,17). The molecule has 0 bridgehead atoms. The lowest BCUT2D eigenvalue weighted by atomic mass is 10.5. The Hall–Kier alpha value is -1.51. The van der Waals surface area contributed by atoms with Gasteiger partial charge in [0, 0.05) is 13.1 Å². The maximum absolute atomic E-state index is 11.4. The van der Waals surface area contributed by atoms with Crippen LogP contribution in [0.25, 0.3) is 0 Å². The Morgan fingerprint density at radius 1 is 0.920 bits per heavy atom. The number of hydrogen-bond acceptors (Lipinski definition) is 9. The quantitative estimate of drug-likeness (QED) is 0.217. The Morgan fingerprint density at radius 2 is 1.48 bits per heavy atom. The number of nitrogens with one attached hydrogen (secondary N) is 2. The third-order valence-electron chi connectivity index (χ3n) is 2.31. The molecular formula is C12H25N3O9S. The molecule has 13 heteroatoms. The zero-order valence-corrected chi connectivity index (χ0v) is 14.6. The van der Waals surface area contributed by atoms with Crippen molar-refractivity contribution in [3.05, 3.63) is 0 Å². The summed E-state index contributed by atoms with van der Waals surface area (Å²) in [5, 5.41) is 8.38. The molecule has 0 atom stereocenters. The van der Waals surface area contributed by atoms with Gasteiger partial charge in [0.25, 0.3) is 0 Å². The van der Waals surface area contributed by atoms with Crippen LogP contribution in [0.15, 0.2) is 0 Å². The van der Waals surface area contributed by atoms with E-state index in [-0.39, 0.29) is 59.2 Å². The zero-order chi connectivity index (χ0) is 19.0. The maximum Gasteiger partial charge on any atom is 0.421 e. The van der Waals surface area contributed by atoms with Gasteiger partial charge in [0.15, 0.2) is 0 Å². The first kappa shape index (κ1) is 23.5. The lowest BCUT2D eigenvalue weighted by molar-refractivity contribution is -0.138. The summed E-state index contributed by atoms with van der Waals surface area (Å²) in [7, 11) is -4.01. The van der Waals surface area contributed by atoms with Gasteiger partial charge >= 0.3 is 22.3 Å². The van der Waals surface area contributed by atoms with Gasteiger partial charge in [0.05, 0.1) is 46.1 Å². The lowest BCUT2D eigenvalue weighted by Crippen LogP contribution is -2.42. The number of carboxylic acids is 1. The van der Waals surface area contributed by atoms with Crippen molar-refractivity contribution in [3.8, 4) is 0 Å². The molecule has 1 amide bonds. The molecule has 0 heterocycles. The van der Waals surface area contributed by atoms with E-state index in [1.165, 1.54) is 0 Å². The van der Waals surface area contributed by atoms with Crippen LogP contribution in [0.4, 0.5) is 4.79 Å².